The van der Waals surface area contributed by atoms with E-state index in [0.29, 0.717) is 28.9 Å². The maximum atomic E-state index is 13.1. The van der Waals surface area contributed by atoms with Crippen LogP contribution in [0.25, 0.3) is 10.9 Å². The van der Waals surface area contributed by atoms with E-state index in [4.69, 9.17) is 15.2 Å². The first kappa shape index (κ1) is 22.7. The number of aryl methyl sites for hydroxylation is 1. The molecule has 0 bridgehead atoms. The Morgan fingerprint density at radius 3 is 2.65 bits per heavy atom. The summed E-state index contributed by atoms with van der Waals surface area (Å²) in [4.78, 5) is 4.48. The van der Waals surface area contributed by atoms with Crippen molar-refractivity contribution in [3.63, 3.8) is 0 Å². The van der Waals surface area contributed by atoms with E-state index in [0.717, 1.165) is 36.2 Å². The monoisotopic (exact) mass is 433 g/mol. The van der Waals surface area contributed by atoms with Gasteiger partial charge < -0.3 is 20.5 Å². The Hall–Kier alpha value is -3.00. The molecule has 1 unspecified atom stereocenters. The van der Waals surface area contributed by atoms with Crippen LogP contribution in [0.5, 0.6) is 17.2 Å². The van der Waals surface area contributed by atoms with Gasteiger partial charge in [-0.2, -0.15) is 13.2 Å². The van der Waals surface area contributed by atoms with Gasteiger partial charge in [0.25, 0.3) is 0 Å². The molecule has 0 aliphatic heterocycles. The van der Waals surface area contributed by atoms with Gasteiger partial charge in [0.2, 0.25) is 0 Å². The summed E-state index contributed by atoms with van der Waals surface area (Å²) in [6.07, 6.45) is -0.928. The Labute approximate surface area is 179 Å². The lowest BCUT2D eigenvalue weighted by molar-refractivity contribution is -0.137. The number of nitrogens with zero attached hydrogens (tertiary/aromatic N) is 1. The molecule has 2 aromatic carbocycles. The second-order valence-electron chi connectivity index (χ2n) is 7.36. The van der Waals surface area contributed by atoms with Crippen molar-refractivity contribution in [1.29, 1.82) is 0 Å². The second-order valence-corrected chi connectivity index (χ2v) is 7.36. The summed E-state index contributed by atoms with van der Waals surface area (Å²) in [5.41, 5.74) is 7.55. The van der Waals surface area contributed by atoms with Crippen molar-refractivity contribution in [2.24, 2.45) is 5.73 Å². The van der Waals surface area contributed by atoms with Crippen LogP contribution in [-0.2, 0) is 6.18 Å². The molecule has 0 amide bonds. The summed E-state index contributed by atoms with van der Waals surface area (Å²) in [6, 6.07) is 8.28. The molecule has 3 rings (SSSR count). The maximum Gasteiger partial charge on any atom is 0.416 e. The molecule has 0 fully saturated rings. The highest BCUT2D eigenvalue weighted by Gasteiger charge is 2.31. The van der Waals surface area contributed by atoms with E-state index in [2.05, 4.69) is 17.2 Å². The molecule has 1 heterocycles. The van der Waals surface area contributed by atoms with E-state index in [1.807, 2.05) is 13.0 Å². The molecule has 3 aromatic rings. The summed E-state index contributed by atoms with van der Waals surface area (Å²) < 4.78 is 50.8. The average molecular weight is 433 g/mol. The van der Waals surface area contributed by atoms with Gasteiger partial charge in [-0.25, -0.2) is 0 Å². The minimum atomic E-state index is -4.46. The van der Waals surface area contributed by atoms with Gasteiger partial charge in [-0.1, -0.05) is 19.4 Å². The SMILES string of the molecule is CCCC(N)CNc1cc(OC)c(Oc2cccc(C(F)(F)F)c2)c2c(C)ccnc12. The normalized spacial score (nSPS) is 12.6. The second kappa shape index (κ2) is 9.43. The smallest absolute Gasteiger partial charge is 0.416 e. The lowest BCUT2D eigenvalue weighted by atomic mass is 10.1. The Balaban J connectivity index is 2.07. The number of halogens is 3. The number of fused-ring (bicyclic) bond motifs is 1. The minimum absolute atomic E-state index is 0.0168. The highest BCUT2D eigenvalue weighted by atomic mass is 19.4. The zero-order valence-electron chi connectivity index (χ0n) is 17.7. The number of nitrogens with two attached hydrogens (primary N) is 1. The first-order chi connectivity index (χ1) is 14.7. The quantitative estimate of drug-likeness (QED) is 0.463. The minimum Gasteiger partial charge on any atom is -0.493 e. The third kappa shape index (κ3) is 5.19. The maximum absolute atomic E-state index is 13.1. The topological polar surface area (TPSA) is 69.4 Å². The predicted molar refractivity (Wildman–Crippen MR) is 116 cm³/mol. The lowest BCUT2D eigenvalue weighted by Gasteiger charge is -2.19. The fourth-order valence-corrected chi connectivity index (χ4v) is 3.39. The van der Waals surface area contributed by atoms with Crippen LogP contribution in [0, 0.1) is 6.92 Å². The van der Waals surface area contributed by atoms with Crippen LogP contribution < -0.4 is 20.5 Å². The number of hydrogen-bond donors (Lipinski definition) is 2. The molecule has 166 valence electrons. The van der Waals surface area contributed by atoms with E-state index in [1.54, 1.807) is 12.3 Å². The van der Waals surface area contributed by atoms with Gasteiger partial charge >= 0.3 is 6.18 Å². The molecule has 0 aliphatic rings. The van der Waals surface area contributed by atoms with Gasteiger partial charge in [0.05, 0.1) is 29.3 Å². The molecule has 0 radical (unpaired) electrons. The van der Waals surface area contributed by atoms with Crippen LogP contribution >= 0.6 is 0 Å². The summed E-state index contributed by atoms with van der Waals surface area (Å²) in [5.74, 6) is 0.752. The van der Waals surface area contributed by atoms with Gasteiger partial charge in [-0.15, -0.1) is 0 Å². The number of nitrogens with one attached hydrogen (secondary N) is 1. The Kier molecular flexibility index (Phi) is 6.90. The summed E-state index contributed by atoms with van der Waals surface area (Å²) in [6.45, 7) is 4.51. The zero-order valence-corrected chi connectivity index (χ0v) is 17.7. The average Bonchev–Trinajstić information content (AvgIpc) is 2.73. The van der Waals surface area contributed by atoms with Crippen molar-refractivity contribution < 1.29 is 22.6 Å². The van der Waals surface area contributed by atoms with Crippen LogP contribution in [0.3, 0.4) is 0 Å². The summed E-state index contributed by atoms with van der Waals surface area (Å²) >= 11 is 0. The highest BCUT2D eigenvalue weighted by molar-refractivity contribution is 5.99. The molecule has 8 heteroatoms. The molecule has 0 aliphatic carbocycles. The molecule has 0 saturated heterocycles. The zero-order chi connectivity index (χ0) is 22.6. The van der Waals surface area contributed by atoms with E-state index >= 15 is 0 Å². The van der Waals surface area contributed by atoms with Crippen molar-refractivity contribution in [3.8, 4) is 17.2 Å². The molecule has 0 spiro atoms. The number of hydrogen-bond acceptors (Lipinski definition) is 5. The Morgan fingerprint density at radius 2 is 1.97 bits per heavy atom. The predicted octanol–water partition coefficient (Wildman–Crippen LogP) is 5.90. The molecule has 0 saturated carbocycles. The van der Waals surface area contributed by atoms with E-state index in [-0.39, 0.29) is 11.8 Å². The lowest BCUT2D eigenvalue weighted by Crippen LogP contribution is -2.28. The van der Waals surface area contributed by atoms with Gasteiger partial charge in [-0.05, 0) is 43.2 Å². The first-order valence-electron chi connectivity index (χ1n) is 10.1. The molecule has 1 aromatic heterocycles. The fourth-order valence-electron chi connectivity index (χ4n) is 3.39. The van der Waals surface area contributed by atoms with Crippen molar-refractivity contribution in [2.45, 2.75) is 38.9 Å². The summed E-state index contributed by atoms with van der Waals surface area (Å²) in [7, 11) is 1.48. The van der Waals surface area contributed by atoms with Crippen LogP contribution in [0.15, 0.2) is 42.6 Å². The van der Waals surface area contributed by atoms with Crippen molar-refractivity contribution in [2.75, 3.05) is 19.0 Å². The Bertz CT molecular complexity index is 1050. The van der Waals surface area contributed by atoms with Gasteiger partial charge in [-0.3, -0.25) is 4.98 Å². The van der Waals surface area contributed by atoms with Gasteiger partial charge in [0, 0.05) is 24.8 Å². The molecular weight excluding hydrogens is 407 g/mol. The van der Waals surface area contributed by atoms with Crippen molar-refractivity contribution in [3.05, 3.63) is 53.7 Å². The number of alkyl halides is 3. The van der Waals surface area contributed by atoms with E-state index < -0.39 is 11.7 Å². The molecule has 5 nitrogen and oxygen atoms in total. The number of anilines is 1. The van der Waals surface area contributed by atoms with Crippen LogP contribution in [0.2, 0.25) is 0 Å². The standard InChI is InChI=1S/C23H26F3N3O2/c1-4-6-16(27)13-29-18-12-19(30-3)22(20-14(2)9-10-28-21(18)20)31-17-8-5-7-15(11-17)23(24,25)26/h5,7-12,16,29H,4,6,13,27H2,1-3H3. The van der Waals surface area contributed by atoms with Crippen molar-refractivity contribution in [1.82, 2.24) is 4.98 Å². The number of rotatable bonds is 8. The number of ether oxygens (including phenoxy) is 2. The number of aromatic nitrogens is 1. The third-order valence-electron chi connectivity index (χ3n) is 4.96. The van der Waals surface area contributed by atoms with Gasteiger partial charge in [0.1, 0.15) is 5.75 Å². The largest absolute Gasteiger partial charge is 0.493 e. The van der Waals surface area contributed by atoms with E-state index in [1.165, 1.54) is 19.2 Å². The Morgan fingerprint density at radius 1 is 1.19 bits per heavy atom. The van der Waals surface area contributed by atoms with Crippen molar-refractivity contribution >= 4 is 16.6 Å². The number of pyridine rings is 1. The molecular formula is C23H26F3N3O2. The van der Waals surface area contributed by atoms with Crippen LogP contribution in [0.4, 0.5) is 18.9 Å². The molecule has 1 atom stereocenters. The fraction of sp³-hybridized carbons (Fsp3) is 0.348. The molecule has 31 heavy (non-hydrogen) atoms. The first-order valence-corrected chi connectivity index (χ1v) is 10.1. The van der Waals surface area contributed by atoms with Crippen LogP contribution in [-0.4, -0.2) is 24.7 Å². The third-order valence-corrected chi connectivity index (χ3v) is 4.96. The van der Waals surface area contributed by atoms with Gasteiger partial charge in [0.15, 0.2) is 11.5 Å². The number of benzene rings is 2. The summed E-state index contributed by atoms with van der Waals surface area (Å²) in [5, 5.41) is 3.98. The highest BCUT2D eigenvalue weighted by Crippen LogP contribution is 2.44. The van der Waals surface area contributed by atoms with Crippen LogP contribution in [0.1, 0.15) is 30.9 Å². The van der Waals surface area contributed by atoms with E-state index in [9.17, 15) is 13.2 Å². The number of methoxy groups -OCH3 is 1. The molecule has 3 N–H and O–H groups in total.